The predicted molar refractivity (Wildman–Crippen MR) is 112 cm³/mol. The number of carbonyl (C=O) groups excluding carboxylic acids is 2. The zero-order valence-electron chi connectivity index (χ0n) is 17.9. The summed E-state index contributed by atoms with van der Waals surface area (Å²) in [6.45, 7) is 3.11. The third-order valence-corrected chi connectivity index (χ3v) is 5.82. The van der Waals surface area contributed by atoms with Gasteiger partial charge in [-0.15, -0.1) is 0 Å². The van der Waals surface area contributed by atoms with Crippen molar-refractivity contribution < 1.29 is 28.6 Å². The van der Waals surface area contributed by atoms with Crippen molar-refractivity contribution in [1.29, 1.82) is 0 Å². The molecule has 3 N–H and O–H groups in total. The molecule has 1 aromatic heterocycles. The first kappa shape index (κ1) is 24.7. The molecule has 2 aliphatic rings. The summed E-state index contributed by atoms with van der Waals surface area (Å²) in [6.07, 6.45) is 8.70. The molecule has 1 heterocycles. The molecule has 9 heteroatoms. The molecule has 3 rings (SSSR count). The molecule has 2 aliphatic carbocycles. The van der Waals surface area contributed by atoms with Gasteiger partial charge in [0.1, 0.15) is 0 Å². The number of hydrogen-bond acceptors (Lipinski definition) is 5. The van der Waals surface area contributed by atoms with Gasteiger partial charge in [0.15, 0.2) is 5.82 Å². The molecule has 3 atom stereocenters. The van der Waals surface area contributed by atoms with Crippen LogP contribution in [0.4, 0.5) is 4.39 Å². The van der Waals surface area contributed by atoms with Crippen LogP contribution in [0, 0.1) is 17.7 Å². The van der Waals surface area contributed by atoms with Crippen LogP contribution < -0.4 is 10.6 Å². The van der Waals surface area contributed by atoms with Crippen LogP contribution in [0.1, 0.15) is 62.2 Å². The van der Waals surface area contributed by atoms with Crippen molar-refractivity contribution in [3.8, 4) is 0 Å². The van der Waals surface area contributed by atoms with Crippen LogP contribution in [0.5, 0.6) is 0 Å². The van der Waals surface area contributed by atoms with Crippen LogP contribution in [0.3, 0.4) is 0 Å². The van der Waals surface area contributed by atoms with Gasteiger partial charge < -0.3 is 20.5 Å². The first-order valence-electron chi connectivity index (χ1n) is 10.9. The summed E-state index contributed by atoms with van der Waals surface area (Å²) in [6, 6.07) is 1.04. The highest BCUT2D eigenvalue weighted by Crippen LogP contribution is 2.29. The normalized spacial score (nSPS) is 23.0. The molecule has 0 aromatic carbocycles. The van der Waals surface area contributed by atoms with E-state index < -0.39 is 11.7 Å². The summed E-state index contributed by atoms with van der Waals surface area (Å²) in [5, 5.41) is 12.9. The summed E-state index contributed by atoms with van der Waals surface area (Å²) in [7, 11) is 0. The number of carbonyl (C=O) groups is 3. The summed E-state index contributed by atoms with van der Waals surface area (Å²) in [5.74, 6) is -0.648. The van der Waals surface area contributed by atoms with Crippen molar-refractivity contribution in [1.82, 2.24) is 15.6 Å². The Morgan fingerprint density at radius 1 is 1.32 bits per heavy atom. The fourth-order valence-corrected chi connectivity index (χ4v) is 3.89. The van der Waals surface area contributed by atoms with E-state index in [0.717, 1.165) is 25.6 Å². The molecule has 0 unspecified atom stereocenters. The number of rotatable bonds is 8. The lowest BCUT2D eigenvalue weighted by atomic mass is 9.82. The largest absolute Gasteiger partial charge is 0.483 e. The number of nitrogens with one attached hydrogen (secondary N) is 2. The topological polar surface area (TPSA) is 118 Å². The molecule has 0 spiro atoms. The summed E-state index contributed by atoms with van der Waals surface area (Å²) in [5.41, 5.74) is -0.0409. The van der Waals surface area contributed by atoms with E-state index in [9.17, 15) is 14.0 Å². The number of carboxylic acid groups (broad SMARTS) is 1. The highest BCUT2D eigenvalue weighted by atomic mass is 19.1. The Morgan fingerprint density at radius 3 is 2.68 bits per heavy atom. The van der Waals surface area contributed by atoms with Gasteiger partial charge in [0, 0.05) is 25.3 Å². The van der Waals surface area contributed by atoms with E-state index in [1.807, 2.05) is 6.92 Å². The van der Waals surface area contributed by atoms with Crippen molar-refractivity contribution in [3.05, 3.63) is 29.8 Å². The molecule has 0 saturated heterocycles. The minimum Gasteiger partial charge on any atom is -0.483 e. The van der Waals surface area contributed by atoms with Crippen LogP contribution in [0.2, 0.25) is 0 Å². The van der Waals surface area contributed by atoms with Crippen LogP contribution in [-0.4, -0.2) is 53.7 Å². The molecular formula is C22H32FN3O5. The number of nitrogens with zero attached hydrogens (tertiary/aromatic N) is 1. The number of amides is 2. The van der Waals surface area contributed by atoms with Crippen molar-refractivity contribution in [2.45, 2.75) is 64.0 Å². The average Bonchev–Trinajstić information content (AvgIpc) is 2.72. The fraction of sp³-hybridized carbons (Fsp3) is 0.636. The van der Waals surface area contributed by atoms with Gasteiger partial charge in [-0.25, -0.2) is 4.39 Å². The second kappa shape index (κ2) is 13.0. The minimum absolute atomic E-state index is 0.0409. The predicted octanol–water partition coefficient (Wildman–Crippen LogP) is 2.53. The third-order valence-electron chi connectivity index (χ3n) is 5.82. The Kier molecular flexibility index (Phi) is 10.4. The molecule has 172 valence electrons. The third kappa shape index (κ3) is 7.57. The Morgan fingerprint density at radius 2 is 2.06 bits per heavy atom. The fourth-order valence-electron chi connectivity index (χ4n) is 3.89. The van der Waals surface area contributed by atoms with Crippen molar-refractivity contribution in [2.24, 2.45) is 11.8 Å². The number of ether oxygens (including phenoxy) is 1. The molecule has 0 radical (unpaired) electrons. The average molecular weight is 438 g/mol. The van der Waals surface area contributed by atoms with E-state index in [2.05, 4.69) is 15.6 Å². The SMILES string of the molecule is CCCO[C@@H]1CC[C@H](C(=O)NCC2CCC2)C[C@H]1NC(=O)c1ccncc1F.O=CO. The van der Waals surface area contributed by atoms with E-state index in [0.29, 0.717) is 25.4 Å². The van der Waals surface area contributed by atoms with Gasteiger partial charge in [-0.1, -0.05) is 13.3 Å². The zero-order valence-corrected chi connectivity index (χ0v) is 17.9. The number of hydrogen-bond donors (Lipinski definition) is 3. The lowest BCUT2D eigenvalue weighted by Gasteiger charge is -2.36. The number of pyridine rings is 1. The molecule has 0 bridgehead atoms. The molecule has 8 nitrogen and oxygen atoms in total. The van der Waals surface area contributed by atoms with E-state index in [-0.39, 0.29) is 36.0 Å². The quantitative estimate of drug-likeness (QED) is 0.538. The van der Waals surface area contributed by atoms with Gasteiger partial charge >= 0.3 is 0 Å². The lowest BCUT2D eigenvalue weighted by molar-refractivity contribution is -0.128. The second-order valence-electron chi connectivity index (χ2n) is 8.00. The number of halogens is 1. The highest BCUT2D eigenvalue weighted by molar-refractivity contribution is 5.94. The molecular weight excluding hydrogens is 405 g/mol. The number of aromatic nitrogens is 1. The van der Waals surface area contributed by atoms with Crippen molar-refractivity contribution >= 4 is 18.3 Å². The summed E-state index contributed by atoms with van der Waals surface area (Å²) < 4.78 is 19.8. The van der Waals surface area contributed by atoms with Crippen molar-refractivity contribution in [3.63, 3.8) is 0 Å². The van der Waals surface area contributed by atoms with Gasteiger partial charge in [-0.2, -0.15) is 0 Å². The minimum atomic E-state index is -0.656. The van der Waals surface area contributed by atoms with E-state index in [1.54, 1.807) is 0 Å². The summed E-state index contributed by atoms with van der Waals surface area (Å²) >= 11 is 0. The molecule has 1 aromatic rings. The van der Waals surface area contributed by atoms with Gasteiger partial charge in [0.25, 0.3) is 12.4 Å². The van der Waals surface area contributed by atoms with Gasteiger partial charge in [-0.3, -0.25) is 19.4 Å². The second-order valence-corrected chi connectivity index (χ2v) is 8.00. The Labute approximate surface area is 182 Å². The first-order chi connectivity index (χ1) is 15.0. The molecule has 2 fully saturated rings. The highest BCUT2D eigenvalue weighted by Gasteiger charge is 2.36. The van der Waals surface area contributed by atoms with Crippen LogP contribution in [0.15, 0.2) is 18.5 Å². The van der Waals surface area contributed by atoms with Crippen LogP contribution in [0.25, 0.3) is 0 Å². The maximum atomic E-state index is 13.9. The van der Waals surface area contributed by atoms with Crippen molar-refractivity contribution in [2.75, 3.05) is 13.2 Å². The monoisotopic (exact) mass is 437 g/mol. The first-order valence-corrected chi connectivity index (χ1v) is 10.9. The smallest absolute Gasteiger partial charge is 0.290 e. The molecule has 0 aliphatic heterocycles. The Balaban J connectivity index is 0.00000107. The van der Waals surface area contributed by atoms with Crippen LogP contribution >= 0.6 is 0 Å². The Bertz CT molecular complexity index is 729. The van der Waals surface area contributed by atoms with E-state index >= 15 is 0 Å². The zero-order chi connectivity index (χ0) is 22.6. The maximum Gasteiger partial charge on any atom is 0.290 e. The van der Waals surface area contributed by atoms with Gasteiger partial charge in [-0.05, 0) is 50.5 Å². The van der Waals surface area contributed by atoms with Gasteiger partial charge in [0.05, 0.1) is 23.9 Å². The molecule has 2 amide bonds. The Hall–Kier alpha value is -2.55. The summed E-state index contributed by atoms with van der Waals surface area (Å²) in [4.78, 5) is 37.2. The molecule has 2 saturated carbocycles. The standard InChI is InChI=1S/C21H30FN3O3.CH2O2/c1-2-10-28-19-7-6-15(20(26)24-12-14-4-3-5-14)11-18(19)25-21(27)16-8-9-23-13-17(16)22;2-1-3/h8-9,13-15,18-19H,2-7,10-12H2,1H3,(H,24,26)(H,25,27);1H,(H,2,3)/t15-,18+,19+;/m0./s1. The lowest BCUT2D eigenvalue weighted by Crippen LogP contribution is -2.51. The van der Waals surface area contributed by atoms with E-state index in [1.165, 1.54) is 31.5 Å². The van der Waals surface area contributed by atoms with Crippen LogP contribution in [-0.2, 0) is 14.3 Å². The van der Waals surface area contributed by atoms with E-state index in [4.69, 9.17) is 14.6 Å². The van der Waals surface area contributed by atoms with Gasteiger partial charge in [0.2, 0.25) is 5.91 Å². The maximum absolute atomic E-state index is 13.9. The molecule has 31 heavy (non-hydrogen) atoms.